The van der Waals surface area contributed by atoms with Crippen LogP contribution in [0.25, 0.3) is 5.69 Å². The maximum atomic E-state index is 13.8. The smallest absolute Gasteiger partial charge is 0.254 e. The van der Waals surface area contributed by atoms with Gasteiger partial charge in [-0.3, -0.25) is 4.79 Å². The third kappa shape index (κ3) is 3.29. The van der Waals surface area contributed by atoms with Crippen LogP contribution in [-0.2, 0) is 6.54 Å². The van der Waals surface area contributed by atoms with Gasteiger partial charge in [-0.2, -0.15) is 5.10 Å². The first-order valence-electron chi connectivity index (χ1n) is 7.28. The number of hydrogen-bond donors (Lipinski definition) is 1. The Morgan fingerprint density at radius 3 is 2.65 bits per heavy atom. The van der Waals surface area contributed by atoms with Gasteiger partial charge in [0.15, 0.2) is 0 Å². The van der Waals surface area contributed by atoms with E-state index in [2.05, 4.69) is 10.4 Å². The van der Waals surface area contributed by atoms with Gasteiger partial charge in [-0.1, -0.05) is 30.3 Å². The summed E-state index contributed by atoms with van der Waals surface area (Å²) < 4.78 is 15.5. The highest BCUT2D eigenvalue weighted by Gasteiger charge is 2.14. The number of para-hydroxylation sites is 1. The zero-order valence-electron chi connectivity index (χ0n) is 12.7. The molecule has 0 aliphatic rings. The lowest BCUT2D eigenvalue weighted by atomic mass is 10.1. The fourth-order valence-corrected chi connectivity index (χ4v) is 2.36. The van der Waals surface area contributed by atoms with Gasteiger partial charge in [0.05, 0.1) is 23.5 Å². The van der Waals surface area contributed by atoms with Crippen molar-refractivity contribution in [2.45, 2.75) is 13.5 Å². The number of aryl methyl sites for hydroxylation is 1. The predicted octanol–water partition coefficient (Wildman–Crippen LogP) is 3.25. The molecule has 3 aromatic rings. The number of halogens is 1. The Bertz CT molecular complexity index is 807. The summed E-state index contributed by atoms with van der Waals surface area (Å²) >= 11 is 0. The summed E-state index contributed by atoms with van der Waals surface area (Å²) in [5, 5.41) is 7.11. The molecular formula is C18H16FN3O. The number of hydrogen-bond acceptors (Lipinski definition) is 2. The predicted molar refractivity (Wildman–Crippen MR) is 85.9 cm³/mol. The highest BCUT2D eigenvalue weighted by molar-refractivity contribution is 5.95. The molecule has 1 heterocycles. The van der Waals surface area contributed by atoms with Gasteiger partial charge in [0.25, 0.3) is 5.91 Å². The summed E-state index contributed by atoms with van der Waals surface area (Å²) in [6.07, 6.45) is 1.82. The van der Waals surface area contributed by atoms with Crippen LogP contribution in [0.4, 0.5) is 4.39 Å². The van der Waals surface area contributed by atoms with Gasteiger partial charge in [0, 0.05) is 6.20 Å². The standard InChI is InChI=1S/C18H16FN3O/c1-13-6-5-9-16(19)17(13)18(23)20-12-14-10-11-22(21-14)15-7-3-2-4-8-15/h2-11H,12H2,1H3,(H,20,23). The molecule has 1 aromatic heterocycles. The number of carbonyl (C=O) groups is 1. The van der Waals surface area contributed by atoms with Crippen LogP contribution in [0.2, 0.25) is 0 Å². The van der Waals surface area contributed by atoms with E-state index in [9.17, 15) is 9.18 Å². The van der Waals surface area contributed by atoms with Crippen molar-refractivity contribution in [2.24, 2.45) is 0 Å². The molecule has 0 spiro atoms. The van der Waals surface area contributed by atoms with Crippen molar-refractivity contribution in [1.82, 2.24) is 15.1 Å². The summed E-state index contributed by atoms with van der Waals surface area (Å²) in [5.74, 6) is -0.952. The Morgan fingerprint density at radius 1 is 1.13 bits per heavy atom. The fourth-order valence-electron chi connectivity index (χ4n) is 2.36. The van der Waals surface area contributed by atoms with E-state index in [-0.39, 0.29) is 12.1 Å². The van der Waals surface area contributed by atoms with Gasteiger partial charge in [-0.15, -0.1) is 0 Å². The number of amides is 1. The van der Waals surface area contributed by atoms with Crippen LogP contribution in [0.3, 0.4) is 0 Å². The first-order valence-corrected chi connectivity index (χ1v) is 7.28. The van der Waals surface area contributed by atoms with E-state index in [1.54, 1.807) is 23.7 Å². The molecule has 3 rings (SSSR count). The van der Waals surface area contributed by atoms with E-state index >= 15 is 0 Å². The molecule has 0 aliphatic carbocycles. The van der Waals surface area contributed by atoms with E-state index < -0.39 is 11.7 Å². The van der Waals surface area contributed by atoms with Gasteiger partial charge in [0.1, 0.15) is 5.82 Å². The van der Waals surface area contributed by atoms with Gasteiger partial charge >= 0.3 is 0 Å². The normalized spacial score (nSPS) is 10.5. The first kappa shape index (κ1) is 15.0. The maximum Gasteiger partial charge on any atom is 0.254 e. The molecule has 5 heteroatoms. The number of carbonyl (C=O) groups excluding carboxylic acids is 1. The average molecular weight is 309 g/mol. The Hall–Kier alpha value is -2.95. The molecule has 0 radical (unpaired) electrons. The number of benzene rings is 2. The van der Waals surface area contributed by atoms with Crippen LogP contribution < -0.4 is 5.32 Å². The lowest BCUT2D eigenvalue weighted by Gasteiger charge is -2.07. The first-order chi connectivity index (χ1) is 11.1. The van der Waals surface area contributed by atoms with E-state index in [4.69, 9.17) is 0 Å². The molecular weight excluding hydrogens is 293 g/mol. The number of rotatable bonds is 4. The van der Waals surface area contributed by atoms with Crippen molar-refractivity contribution in [3.05, 3.63) is 83.4 Å². The average Bonchev–Trinajstić information content (AvgIpc) is 3.02. The second kappa shape index (κ2) is 6.44. The van der Waals surface area contributed by atoms with Crippen molar-refractivity contribution in [1.29, 1.82) is 0 Å². The van der Waals surface area contributed by atoms with Gasteiger partial charge in [-0.25, -0.2) is 9.07 Å². The largest absolute Gasteiger partial charge is 0.346 e. The second-order valence-electron chi connectivity index (χ2n) is 5.20. The van der Waals surface area contributed by atoms with E-state index in [0.717, 1.165) is 5.69 Å². The maximum absolute atomic E-state index is 13.8. The molecule has 0 saturated heterocycles. The van der Waals surface area contributed by atoms with E-state index in [0.29, 0.717) is 11.3 Å². The summed E-state index contributed by atoms with van der Waals surface area (Å²) in [4.78, 5) is 12.2. The van der Waals surface area contributed by atoms with Crippen LogP contribution in [0.15, 0.2) is 60.8 Å². The lowest BCUT2D eigenvalue weighted by molar-refractivity contribution is 0.0945. The molecule has 1 amide bonds. The SMILES string of the molecule is Cc1cccc(F)c1C(=O)NCc1ccn(-c2ccccc2)n1. The molecule has 0 bridgehead atoms. The van der Waals surface area contributed by atoms with Crippen molar-refractivity contribution in [3.63, 3.8) is 0 Å². The molecule has 0 aliphatic heterocycles. The third-order valence-corrected chi connectivity index (χ3v) is 3.54. The number of nitrogens with one attached hydrogen (secondary N) is 1. The fraction of sp³-hybridized carbons (Fsp3) is 0.111. The van der Waals surface area contributed by atoms with Gasteiger partial charge in [0.2, 0.25) is 0 Å². The highest BCUT2D eigenvalue weighted by atomic mass is 19.1. The van der Waals surface area contributed by atoms with Crippen molar-refractivity contribution < 1.29 is 9.18 Å². The van der Waals surface area contributed by atoms with E-state index in [1.165, 1.54) is 6.07 Å². The topological polar surface area (TPSA) is 46.9 Å². The molecule has 0 atom stereocenters. The molecule has 0 unspecified atom stereocenters. The Morgan fingerprint density at radius 2 is 1.91 bits per heavy atom. The minimum atomic E-state index is -0.516. The van der Waals surface area contributed by atoms with Crippen LogP contribution in [0.1, 0.15) is 21.6 Å². The Balaban J connectivity index is 1.70. The third-order valence-electron chi connectivity index (χ3n) is 3.54. The zero-order chi connectivity index (χ0) is 16.2. The van der Waals surface area contributed by atoms with E-state index in [1.807, 2.05) is 42.6 Å². The molecule has 2 aromatic carbocycles. The second-order valence-corrected chi connectivity index (χ2v) is 5.20. The number of aromatic nitrogens is 2. The molecule has 116 valence electrons. The summed E-state index contributed by atoms with van der Waals surface area (Å²) in [6, 6.07) is 16.1. The summed E-state index contributed by atoms with van der Waals surface area (Å²) in [5.41, 5.74) is 2.33. The monoisotopic (exact) mass is 309 g/mol. The Kier molecular flexibility index (Phi) is 4.19. The molecule has 0 fully saturated rings. The Labute approximate surface area is 133 Å². The quantitative estimate of drug-likeness (QED) is 0.804. The lowest BCUT2D eigenvalue weighted by Crippen LogP contribution is -2.25. The highest BCUT2D eigenvalue weighted by Crippen LogP contribution is 2.13. The van der Waals surface area contributed by atoms with Crippen molar-refractivity contribution >= 4 is 5.91 Å². The summed E-state index contributed by atoms with van der Waals surface area (Å²) in [6.45, 7) is 1.95. The minimum Gasteiger partial charge on any atom is -0.346 e. The molecule has 4 nitrogen and oxygen atoms in total. The zero-order valence-corrected chi connectivity index (χ0v) is 12.7. The van der Waals surface area contributed by atoms with Gasteiger partial charge < -0.3 is 5.32 Å². The molecule has 1 N–H and O–H groups in total. The van der Waals surface area contributed by atoms with Crippen LogP contribution in [-0.4, -0.2) is 15.7 Å². The summed E-state index contributed by atoms with van der Waals surface area (Å²) in [7, 11) is 0. The van der Waals surface area contributed by atoms with Gasteiger partial charge in [-0.05, 0) is 36.8 Å². The van der Waals surface area contributed by atoms with Crippen molar-refractivity contribution in [3.8, 4) is 5.69 Å². The van der Waals surface area contributed by atoms with Crippen LogP contribution in [0, 0.1) is 12.7 Å². The van der Waals surface area contributed by atoms with Crippen LogP contribution in [0.5, 0.6) is 0 Å². The van der Waals surface area contributed by atoms with Crippen molar-refractivity contribution in [2.75, 3.05) is 0 Å². The molecule has 0 saturated carbocycles. The minimum absolute atomic E-state index is 0.0787. The number of nitrogens with zero attached hydrogens (tertiary/aromatic N) is 2. The molecule has 23 heavy (non-hydrogen) atoms. The van der Waals surface area contributed by atoms with Crippen LogP contribution >= 0.6 is 0 Å².